The van der Waals surface area contributed by atoms with Crippen molar-refractivity contribution in [3.8, 4) is 33.8 Å². The second-order valence-electron chi connectivity index (χ2n) is 34.7. The lowest BCUT2D eigenvalue weighted by molar-refractivity contribution is -0.161. The molecule has 0 radical (unpaired) electrons. The highest BCUT2D eigenvalue weighted by atomic mass is 35.5. The number of rotatable bonds is 28. The van der Waals surface area contributed by atoms with Gasteiger partial charge in [-0.05, 0) is 221 Å². The second-order valence-corrected chi connectivity index (χ2v) is 37.1. The summed E-state index contributed by atoms with van der Waals surface area (Å²) in [7, 11) is 11.6. The minimum Gasteiger partial charge on any atom is -0.461 e. The molecule has 9 aromatic rings. The van der Waals surface area contributed by atoms with Crippen LogP contribution in [0, 0.1) is 0 Å². The first kappa shape index (κ1) is 98.3. The number of benzene rings is 6. The van der Waals surface area contributed by atoms with E-state index in [1.54, 1.807) is 72.3 Å². The average Bonchev–Trinajstić information content (AvgIpc) is 1.04. The van der Waals surface area contributed by atoms with Crippen molar-refractivity contribution < 1.29 is 52.5 Å². The molecule has 4 fully saturated rings. The third-order valence-corrected chi connectivity index (χ3v) is 24.3. The van der Waals surface area contributed by atoms with Gasteiger partial charge in [-0.3, -0.25) is 19.4 Å². The van der Waals surface area contributed by atoms with Crippen LogP contribution in [0.2, 0.25) is 30.1 Å². The van der Waals surface area contributed by atoms with E-state index in [4.69, 9.17) is 114 Å². The van der Waals surface area contributed by atoms with Crippen LogP contribution in [0.5, 0.6) is 0 Å². The number of hydrogen-bond donors (Lipinski definition) is 3. The zero-order valence-corrected chi connectivity index (χ0v) is 79.0. The Morgan fingerprint density at radius 2 is 0.812 bits per heavy atom. The van der Waals surface area contributed by atoms with Gasteiger partial charge in [-0.2, -0.15) is 0 Å². The van der Waals surface area contributed by atoms with Crippen molar-refractivity contribution >= 4 is 141 Å². The zero-order chi connectivity index (χ0) is 92.3. The van der Waals surface area contributed by atoms with E-state index in [9.17, 15) is 33.6 Å². The van der Waals surface area contributed by atoms with Crippen LogP contribution in [0.15, 0.2) is 146 Å². The molecule has 4 N–H and O–H groups in total. The highest BCUT2D eigenvalue weighted by Crippen LogP contribution is 2.37. The molecular formula is C96H113Cl6N15O11. The van der Waals surface area contributed by atoms with Crippen LogP contribution < -0.4 is 36.0 Å². The van der Waals surface area contributed by atoms with Crippen LogP contribution in [0.4, 0.5) is 38.7 Å². The van der Waals surface area contributed by atoms with Crippen molar-refractivity contribution in [2.75, 3.05) is 93.8 Å². The van der Waals surface area contributed by atoms with Gasteiger partial charge in [0.15, 0.2) is 46.9 Å². The zero-order valence-electron chi connectivity index (χ0n) is 74.4. The number of esters is 2. The topological polar surface area (TPSA) is 303 Å². The van der Waals surface area contributed by atoms with Crippen LogP contribution in [0.25, 0.3) is 33.8 Å². The molecule has 3 aromatic heterocycles. The number of ether oxygens (including phenoxy) is 4. The molecule has 4 atom stereocenters. The molecule has 2 saturated carbocycles. The average molecular weight is 1870 g/mol. The number of aldehydes is 1. The van der Waals surface area contributed by atoms with E-state index in [1.807, 2.05) is 171 Å². The fourth-order valence-corrected chi connectivity index (χ4v) is 17.2. The van der Waals surface area contributed by atoms with Crippen LogP contribution in [-0.2, 0) is 88.1 Å². The maximum absolute atomic E-state index is 13.8. The van der Waals surface area contributed by atoms with Gasteiger partial charge in [-0.15, -0.1) is 0 Å². The summed E-state index contributed by atoms with van der Waals surface area (Å²) >= 11 is 38.4. The number of Topliss-reactive ketones (excluding diaryl/α,β-unsaturated/α-hetero) is 2. The van der Waals surface area contributed by atoms with E-state index in [0.29, 0.717) is 142 Å². The van der Waals surface area contributed by atoms with E-state index in [1.165, 1.54) is 9.80 Å². The van der Waals surface area contributed by atoms with E-state index >= 15 is 0 Å². The number of hydrogen-bond acceptors (Lipinski definition) is 24. The lowest BCUT2D eigenvalue weighted by atomic mass is 9.95. The predicted molar refractivity (Wildman–Crippen MR) is 507 cm³/mol. The minimum absolute atomic E-state index is 0.194. The van der Waals surface area contributed by atoms with Gasteiger partial charge in [-0.1, -0.05) is 142 Å². The van der Waals surface area contributed by atoms with Gasteiger partial charge >= 0.3 is 24.1 Å². The molecule has 6 aromatic carbocycles. The van der Waals surface area contributed by atoms with Gasteiger partial charge in [0, 0.05) is 133 Å². The molecule has 13 rings (SSSR count). The molecule has 2 amide bonds. The molecule has 2 saturated heterocycles. The van der Waals surface area contributed by atoms with Crippen molar-refractivity contribution in [3.63, 3.8) is 0 Å². The van der Waals surface area contributed by atoms with E-state index < -0.39 is 59.5 Å². The Labute approximate surface area is 779 Å². The Kier molecular flexibility index (Phi) is 34.8. The first-order valence-electron chi connectivity index (χ1n) is 43.1. The number of nitrogens with zero attached hydrogens (tertiary/aromatic N) is 12. The quantitative estimate of drug-likeness (QED) is 0.0178. The molecule has 4 aliphatic rings. The summed E-state index contributed by atoms with van der Waals surface area (Å²) in [4.78, 5) is 130. The van der Waals surface area contributed by atoms with E-state index in [2.05, 4.69) is 26.7 Å². The number of likely N-dealkylation sites (tertiary alicyclic amines) is 2. The van der Waals surface area contributed by atoms with Gasteiger partial charge in [0.05, 0.1) is 53.4 Å². The number of nitrogens with one attached hydrogen (secondary N) is 2. The van der Waals surface area contributed by atoms with Crippen molar-refractivity contribution in [2.24, 2.45) is 0 Å². The molecule has 128 heavy (non-hydrogen) atoms. The Balaban J connectivity index is 0.000000193. The Morgan fingerprint density at radius 3 is 1.19 bits per heavy atom. The van der Waals surface area contributed by atoms with Crippen LogP contribution in [0.1, 0.15) is 145 Å². The second kappa shape index (κ2) is 45.3. The fraction of sp³-hybridized carbons (Fsp3) is 0.427. The highest BCUT2D eigenvalue weighted by molar-refractivity contribution is 6.37. The van der Waals surface area contributed by atoms with Gasteiger partial charge in [0.25, 0.3) is 0 Å². The number of halogens is 6. The van der Waals surface area contributed by atoms with Crippen LogP contribution in [0.3, 0.4) is 0 Å². The summed E-state index contributed by atoms with van der Waals surface area (Å²) in [6.45, 7) is 12.8. The van der Waals surface area contributed by atoms with Crippen molar-refractivity contribution in [3.05, 3.63) is 215 Å². The number of nitrogen functional groups attached to an aromatic ring is 1. The molecular weight excluding hydrogens is 1750 g/mol. The molecule has 680 valence electrons. The first-order chi connectivity index (χ1) is 61.0. The summed E-state index contributed by atoms with van der Waals surface area (Å²) in [5, 5.41) is 10.3. The lowest BCUT2D eigenvalue weighted by Crippen LogP contribution is -2.62. The smallest absolute Gasteiger partial charge is 0.411 e. The first-order valence-corrected chi connectivity index (χ1v) is 45.4. The highest BCUT2D eigenvalue weighted by Gasteiger charge is 2.48. The number of anilines is 5. The third-order valence-electron chi connectivity index (χ3n) is 22.1. The normalized spacial score (nSPS) is 16.6. The SMILES string of the molecule is CC(C)(C)OC(=O)N1CCC(NCCc2cccc(-c3cnc(N)c(CCc4c(Cl)cccc4Cl)n3)c2)C(=O)[C@@H]1C(=O)OC1CCCC1.CN(C)c1ncc(-c2cccc(CC=O)c2)nc1N(C)Cc1c(Cl)cccc1Cl.CN(C)c1ncc(-c2cccc(CCNC3CCN(C(=O)OC(C)(C)C)[C@@H](C(=O)OC4CCCC4)C3=O)c2)nc1N(C)Cc1c(Cl)cccc1Cl. The molecule has 2 aliphatic heterocycles. The number of ketones is 2. The number of aromatic nitrogens is 6. The summed E-state index contributed by atoms with van der Waals surface area (Å²) in [6, 6.07) is 36.2. The molecule has 0 spiro atoms. The fourth-order valence-electron chi connectivity index (χ4n) is 15.6. The number of carbonyl (C=O) groups is 7. The van der Waals surface area contributed by atoms with Crippen LogP contribution >= 0.6 is 69.6 Å². The van der Waals surface area contributed by atoms with E-state index in [0.717, 1.165) is 119 Å². The third kappa shape index (κ3) is 26.7. The largest absolute Gasteiger partial charge is 0.461 e. The molecule has 26 nitrogen and oxygen atoms in total. The number of aryl methyl sites for hydroxylation is 1. The Morgan fingerprint density at radius 1 is 0.461 bits per heavy atom. The maximum Gasteiger partial charge on any atom is 0.411 e. The molecule has 2 unspecified atom stereocenters. The van der Waals surface area contributed by atoms with Gasteiger partial charge in [0.1, 0.15) is 35.5 Å². The van der Waals surface area contributed by atoms with Crippen LogP contribution in [-0.4, -0.2) is 198 Å². The minimum atomic E-state index is -1.35. The number of carbonyl (C=O) groups excluding carboxylic acids is 7. The number of amides is 2. The van der Waals surface area contributed by atoms with E-state index in [-0.39, 0.29) is 36.9 Å². The van der Waals surface area contributed by atoms with Crippen molar-refractivity contribution in [1.82, 2.24) is 50.3 Å². The number of nitrogens with two attached hydrogens (primary N) is 1. The summed E-state index contributed by atoms with van der Waals surface area (Å²) in [5.41, 5.74) is 15.6. The van der Waals surface area contributed by atoms with Gasteiger partial charge in [0.2, 0.25) is 0 Å². The monoisotopic (exact) mass is 1860 g/mol. The Bertz CT molecular complexity index is 5350. The Hall–Kier alpha value is -10.3. The van der Waals surface area contributed by atoms with Gasteiger partial charge in [-0.25, -0.2) is 49.1 Å². The summed E-state index contributed by atoms with van der Waals surface area (Å²) < 4.78 is 22.5. The summed E-state index contributed by atoms with van der Waals surface area (Å²) in [5.74, 6) is 1.06. The lowest BCUT2D eigenvalue weighted by Gasteiger charge is -2.38. The maximum atomic E-state index is 13.8. The molecule has 2 aliphatic carbocycles. The molecule has 32 heteroatoms. The van der Waals surface area contributed by atoms with Crippen molar-refractivity contribution in [1.29, 1.82) is 0 Å². The summed E-state index contributed by atoms with van der Waals surface area (Å²) in [6.07, 6.45) is 14.6. The standard InChI is InChI=1S/C38H48Cl2N6O5.C36H43Cl2N5O5.C22H22Cl2N4O/c1-38(2,3)51-37(49)46-20-18-30(33(47)32(46)36(48)50-26-13-7-8-14-26)41-19-17-24-11-9-12-25(21-24)31-22-42-34(44(4)5)35(43-31)45(6)23-27-28(39)15-10-16-29(27)40;1-36(2,3)48-35(46)43-19-17-28(32(44)31(43)34(45)47-24-10-4-5-11-24)40-18-16-22-8-6-9-23(20-22)30-21-41-33(39)29(42-30)15-14-25-26(37)12-7-13-27(25)38;1-27(2)21-22(28(3)14-17-18(23)8-5-9-19(17)24)26-20(13-25-21)16-7-4-6-15(12-16)10-11-29/h9-12,15-16,21-22,26,30,32,41H,7-8,13-14,17-20,23H2,1-6H3;6-9,12-13,20-21,24,28,31,40H,4-5,10-11,14-19H2,1-3H3,(H2,39,41);4-9,11-13H,10,14H2,1-3H3/t30?,32-;28?,31-;/m11./s1. The molecule has 5 heterocycles. The van der Waals surface area contributed by atoms with Gasteiger partial charge < -0.3 is 59.7 Å². The number of piperidine rings is 2. The molecule has 0 bridgehead atoms. The van der Waals surface area contributed by atoms with Crippen molar-refractivity contribution in [2.45, 2.75) is 199 Å². The predicted octanol–water partition coefficient (Wildman–Crippen LogP) is 18.0.